The van der Waals surface area contributed by atoms with Gasteiger partial charge in [0.15, 0.2) is 0 Å². The van der Waals surface area contributed by atoms with E-state index in [2.05, 4.69) is 217 Å². The molecule has 0 atom stereocenters. The van der Waals surface area contributed by atoms with Crippen molar-refractivity contribution in [2.24, 2.45) is 0 Å². The number of hydrogen-bond donors (Lipinski definition) is 0. The Labute approximate surface area is 353 Å². The Morgan fingerprint density at radius 3 is 1.51 bits per heavy atom. The molecule has 12 aromatic rings. The van der Waals surface area contributed by atoms with E-state index in [1.807, 2.05) is 12.1 Å². The van der Waals surface area contributed by atoms with E-state index in [1.165, 1.54) is 27.6 Å². The maximum Gasteiger partial charge on any atom is 0.143 e. The molecule has 0 aliphatic rings. The van der Waals surface area contributed by atoms with Crippen LogP contribution in [-0.2, 0) is 0 Å². The molecule has 0 bridgehead atoms. The molecular weight excluding hydrogens is 743 g/mol. The van der Waals surface area contributed by atoms with Crippen molar-refractivity contribution in [2.75, 3.05) is 4.90 Å². The van der Waals surface area contributed by atoms with Gasteiger partial charge in [-0.05, 0) is 123 Å². The Balaban J connectivity index is 0.930. The van der Waals surface area contributed by atoms with Crippen LogP contribution >= 0.6 is 0 Å². The van der Waals surface area contributed by atoms with Crippen molar-refractivity contribution in [2.45, 2.75) is 0 Å². The highest BCUT2D eigenvalue weighted by molar-refractivity contribution is 6.19. The average molecular weight is 780 g/mol. The molecule has 0 fully saturated rings. The maximum atomic E-state index is 6.54. The van der Waals surface area contributed by atoms with Gasteiger partial charge >= 0.3 is 0 Å². The van der Waals surface area contributed by atoms with E-state index in [0.29, 0.717) is 0 Å². The lowest BCUT2D eigenvalue weighted by molar-refractivity contribution is 0.669. The minimum absolute atomic E-state index is 0.892. The van der Waals surface area contributed by atoms with Gasteiger partial charge in [-0.25, -0.2) is 0 Å². The van der Waals surface area contributed by atoms with Crippen molar-refractivity contribution in [3.05, 3.63) is 224 Å². The lowest BCUT2D eigenvalue weighted by atomic mass is 9.97. The number of benzene rings is 10. The Hall–Kier alpha value is -8.14. The summed E-state index contributed by atoms with van der Waals surface area (Å²) in [6.45, 7) is 0. The fourth-order valence-corrected chi connectivity index (χ4v) is 9.05. The van der Waals surface area contributed by atoms with Crippen LogP contribution in [0.1, 0.15) is 0 Å². The number of nitrogens with zero attached hydrogens (tertiary/aromatic N) is 1. The zero-order chi connectivity index (χ0) is 40.3. The topological polar surface area (TPSA) is 29.5 Å². The Morgan fingerprint density at radius 2 is 0.787 bits per heavy atom. The molecule has 61 heavy (non-hydrogen) atoms. The molecule has 0 unspecified atom stereocenters. The Bertz CT molecular complexity index is 3560. The first-order valence-electron chi connectivity index (χ1n) is 20.7. The standard InChI is InChI=1S/C58H37NO2/c1-2-10-38(11-3-1)43-13-8-14-44(36-43)39-20-28-46(29-21-39)59(47-30-22-40(23-31-47)45-27-34-52-51-16-6-7-18-54(51)60-56(52)37-45)48-32-24-42(25-33-48)49-17-9-19-55-57(49)53-35-26-41-12-4-5-15-50(41)58(53)61-55/h1-37H. The molecule has 10 aromatic carbocycles. The second-order valence-electron chi connectivity index (χ2n) is 15.7. The molecular formula is C58H37NO2. The van der Waals surface area contributed by atoms with Crippen LogP contribution < -0.4 is 4.90 Å². The largest absolute Gasteiger partial charge is 0.456 e. The molecule has 0 saturated carbocycles. The van der Waals surface area contributed by atoms with Crippen LogP contribution in [0, 0.1) is 0 Å². The number of rotatable bonds is 7. The summed E-state index contributed by atoms with van der Waals surface area (Å²) < 4.78 is 12.8. The van der Waals surface area contributed by atoms with Crippen LogP contribution in [0.25, 0.3) is 99.2 Å². The zero-order valence-corrected chi connectivity index (χ0v) is 33.1. The van der Waals surface area contributed by atoms with E-state index in [9.17, 15) is 0 Å². The number of furan rings is 2. The van der Waals surface area contributed by atoms with E-state index >= 15 is 0 Å². The minimum atomic E-state index is 0.892. The summed E-state index contributed by atoms with van der Waals surface area (Å²) >= 11 is 0. The SMILES string of the molecule is c1ccc(-c2cccc(-c3ccc(N(c4ccc(-c5ccc6c(c5)oc5ccccc56)cc4)c4ccc(-c5cccc6oc7c8ccccc8ccc7c56)cc4)cc3)c2)cc1. The average Bonchev–Trinajstić information content (AvgIpc) is 3.91. The first-order chi connectivity index (χ1) is 30.2. The third kappa shape index (κ3) is 6.06. The van der Waals surface area contributed by atoms with Gasteiger partial charge in [0.1, 0.15) is 22.3 Å². The van der Waals surface area contributed by atoms with Gasteiger partial charge in [0.05, 0.1) is 0 Å². The predicted molar refractivity (Wildman–Crippen MR) is 255 cm³/mol. The maximum absolute atomic E-state index is 6.54. The summed E-state index contributed by atoms with van der Waals surface area (Å²) in [5.41, 5.74) is 16.1. The number of fused-ring (bicyclic) bond motifs is 8. The molecule has 2 heterocycles. The van der Waals surface area contributed by atoms with E-state index < -0.39 is 0 Å². The van der Waals surface area contributed by atoms with Gasteiger partial charge in [-0.1, -0.05) is 152 Å². The second kappa shape index (κ2) is 14.3. The van der Waals surface area contributed by atoms with E-state index in [1.54, 1.807) is 0 Å². The molecule has 0 saturated heterocycles. The van der Waals surface area contributed by atoms with Gasteiger partial charge in [-0.3, -0.25) is 0 Å². The van der Waals surface area contributed by atoms with E-state index in [0.717, 1.165) is 88.6 Å². The molecule has 0 N–H and O–H groups in total. The monoisotopic (exact) mass is 779 g/mol. The Morgan fingerprint density at radius 1 is 0.279 bits per heavy atom. The summed E-state index contributed by atoms with van der Waals surface area (Å²) in [6.07, 6.45) is 0. The quantitative estimate of drug-likeness (QED) is 0.161. The fraction of sp³-hybridized carbons (Fsp3) is 0. The van der Waals surface area contributed by atoms with Crippen molar-refractivity contribution in [1.29, 1.82) is 0 Å². The third-order valence-electron chi connectivity index (χ3n) is 12.1. The molecule has 0 aliphatic heterocycles. The van der Waals surface area contributed by atoms with E-state index in [-0.39, 0.29) is 0 Å². The fourth-order valence-electron chi connectivity index (χ4n) is 9.05. The molecule has 0 spiro atoms. The number of hydrogen-bond acceptors (Lipinski definition) is 3. The van der Waals surface area contributed by atoms with Gasteiger partial charge < -0.3 is 13.7 Å². The highest BCUT2D eigenvalue weighted by atomic mass is 16.3. The van der Waals surface area contributed by atoms with Gasteiger partial charge in [0.25, 0.3) is 0 Å². The van der Waals surface area contributed by atoms with Crippen LogP contribution in [-0.4, -0.2) is 0 Å². The minimum Gasteiger partial charge on any atom is -0.456 e. The lowest BCUT2D eigenvalue weighted by Crippen LogP contribution is -2.09. The molecule has 12 rings (SSSR count). The predicted octanol–water partition coefficient (Wildman–Crippen LogP) is 16.8. The molecule has 0 amide bonds. The Kier molecular flexibility index (Phi) is 8.17. The van der Waals surface area contributed by atoms with Crippen LogP contribution in [0.5, 0.6) is 0 Å². The van der Waals surface area contributed by atoms with Crippen LogP contribution in [0.15, 0.2) is 233 Å². The molecule has 0 radical (unpaired) electrons. The lowest BCUT2D eigenvalue weighted by Gasteiger charge is -2.26. The molecule has 0 aliphatic carbocycles. The molecule has 3 heteroatoms. The van der Waals surface area contributed by atoms with Crippen molar-refractivity contribution in [1.82, 2.24) is 0 Å². The van der Waals surface area contributed by atoms with Crippen LogP contribution in [0.3, 0.4) is 0 Å². The summed E-state index contributed by atoms with van der Waals surface area (Å²) in [6, 6.07) is 79.9. The van der Waals surface area contributed by atoms with Crippen molar-refractivity contribution >= 4 is 71.7 Å². The van der Waals surface area contributed by atoms with Crippen molar-refractivity contribution in [3.63, 3.8) is 0 Å². The van der Waals surface area contributed by atoms with Crippen LogP contribution in [0.4, 0.5) is 17.1 Å². The normalized spacial score (nSPS) is 11.6. The summed E-state index contributed by atoms with van der Waals surface area (Å²) in [4.78, 5) is 2.33. The zero-order valence-electron chi connectivity index (χ0n) is 33.1. The molecule has 286 valence electrons. The highest BCUT2D eigenvalue weighted by Crippen LogP contribution is 2.42. The highest BCUT2D eigenvalue weighted by Gasteiger charge is 2.18. The first-order valence-corrected chi connectivity index (χ1v) is 20.7. The number of anilines is 3. The van der Waals surface area contributed by atoms with Crippen molar-refractivity contribution in [3.8, 4) is 44.5 Å². The third-order valence-corrected chi connectivity index (χ3v) is 12.1. The number of para-hydroxylation sites is 1. The molecule has 2 aromatic heterocycles. The van der Waals surface area contributed by atoms with Gasteiger partial charge in [-0.15, -0.1) is 0 Å². The first kappa shape index (κ1) is 34.9. The summed E-state index contributed by atoms with van der Waals surface area (Å²) in [5.74, 6) is 0. The van der Waals surface area contributed by atoms with Gasteiger partial charge in [0.2, 0.25) is 0 Å². The summed E-state index contributed by atoms with van der Waals surface area (Å²) in [7, 11) is 0. The van der Waals surface area contributed by atoms with Gasteiger partial charge in [-0.2, -0.15) is 0 Å². The van der Waals surface area contributed by atoms with Crippen molar-refractivity contribution < 1.29 is 8.83 Å². The summed E-state index contributed by atoms with van der Waals surface area (Å²) in [5, 5.41) is 6.84. The van der Waals surface area contributed by atoms with E-state index in [4.69, 9.17) is 8.83 Å². The smallest absolute Gasteiger partial charge is 0.143 e. The van der Waals surface area contributed by atoms with Crippen LogP contribution in [0.2, 0.25) is 0 Å². The molecule has 3 nitrogen and oxygen atoms in total. The van der Waals surface area contributed by atoms with Gasteiger partial charge in [0, 0.05) is 44.0 Å². The second-order valence-corrected chi connectivity index (χ2v) is 15.7.